The molecular formula is C12H21NO2. The van der Waals surface area contributed by atoms with Crippen molar-refractivity contribution >= 4 is 5.71 Å². The van der Waals surface area contributed by atoms with Gasteiger partial charge in [0.2, 0.25) is 0 Å². The summed E-state index contributed by atoms with van der Waals surface area (Å²) in [6, 6.07) is 0. The molecule has 1 fully saturated rings. The largest absolute Gasteiger partial charge is 0.390 e. The number of aliphatic hydroxyl groups is 1. The van der Waals surface area contributed by atoms with E-state index in [-0.39, 0.29) is 5.60 Å². The van der Waals surface area contributed by atoms with Gasteiger partial charge in [-0.25, -0.2) is 0 Å². The van der Waals surface area contributed by atoms with Gasteiger partial charge in [-0.15, -0.1) is 0 Å². The predicted octanol–water partition coefficient (Wildman–Crippen LogP) is 2.48. The average molecular weight is 211 g/mol. The van der Waals surface area contributed by atoms with Crippen molar-refractivity contribution in [2.75, 3.05) is 0 Å². The number of rotatable bonds is 1. The lowest BCUT2D eigenvalue weighted by atomic mass is 9.71. The Morgan fingerprint density at radius 1 is 1.40 bits per heavy atom. The highest BCUT2D eigenvalue weighted by Gasteiger charge is 2.44. The fraction of sp³-hybridized carbons (Fsp3) is 0.917. The van der Waals surface area contributed by atoms with Crippen molar-refractivity contribution in [1.82, 2.24) is 0 Å². The summed E-state index contributed by atoms with van der Waals surface area (Å²) in [6.07, 6.45) is 5.13. The SMILES string of the molecule is CC1=NOC2(CCC(C(C)(C)O)CC2)C1. The summed E-state index contributed by atoms with van der Waals surface area (Å²) in [6.45, 7) is 5.84. The van der Waals surface area contributed by atoms with Crippen molar-refractivity contribution < 1.29 is 9.94 Å². The molecule has 1 aliphatic carbocycles. The molecule has 2 rings (SSSR count). The molecule has 3 nitrogen and oxygen atoms in total. The van der Waals surface area contributed by atoms with Gasteiger partial charge in [-0.1, -0.05) is 5.16 Å². The number of nitrogens with zero attached hydrogens (tertiary/aromatic N) is 1. The summed E-state index contributed by atoms with van der Waals surface area (Å²) in [5.41, 5.74) is 0.541. The lowest BCUT2D eigenvalue weighted by Crippen LogP contribution is -2.40. The Bertz CT molecular complexity index is 270. The number of hydrogen-bond acceptors (Lipinski definition) is 3. The molecule has 1 saturated carbocycles. The normalized spacial score (nSPS) is 36.5. The average Bonchev–Trinajstić information content (AvgIpc) is 2.47. The van der Waals surface area contributed by atoms with Gasteiger partial charge >= 0.3 is 0 Å². The second-order valence-corrected chi connectivity index (χ2v) is 5.71. The van der Waals surface area contributed by atoms with E-state index in [1.165, 1.54) is 0 Å². The molecular weight excluding hydrogens is 190 g/mol. The Balaban J connectivity index is 1.93. The van der Waals surface area contributed by atoms with Crippen LogP contribution in [0.1, 0.15) is 52.9 Å². The lowest BCUT2D eigenvalue weighted by molar-refractivity contribution is -0.0833. The first-order valence-corrected chi connectivity index (χ1v) is 5.85. The number of oxime groups is 1. The maximum atomic E-state index is 9.96. The summed E-state index contributed by atoms with van der Waals surface area (Å²) in [5, 5.41) is 14.0. The van der Waals surface area contributed by atoms with Crippen molar-refractivity contribution in [3.63, 3.8) is 0 Å². The topological polar surface area (TPSA) is 41.8 Å². The molecule has 1 aliphatic heterocycles. The molecule has 1 heterocycles. The maximum Gasteiger partial charge on any atom is 0.143 e. The Labute approximate surface area is 91.5 Å². The Morgan fingerprint density at radius 2 is 2.00 bits per heavy atom. The molecule has 86 valence electrons. The first-order valence-electron chi connectivity index (χ1n) is 5.85. The number of hydrogen-bond donors (Lipinski definition) is 1. The van der Waals surface area contributed by atoms with E-state index in [1.807, 2.05) is 20.8 Å². The summed E-state index contributed by atoms with van der Waals surface area (Å²) >= 11 is 0. The van der Waals surface area contributed by atoms with Gasteiger partial charge in [-0.2, -0.15) is 0 Å². The molecule has 0 saturated heterocycles. The molecule has 0 aromatic heterocycles. The monoisotopic (exact) mass is 211 g/mol. The van der Waals surface area contributed by atoms with E-state index in [0.717, 1.165) is 37.8 Å². The third-order valence-electron chi connectivity index (χ3n) is 3.87. The summed E-state index contributed by atoms with van der Waals surface area (Å²) in [7, 11) is 0. The zero-order chi connectivity index (χ0) is 11.1. The minimum Gasteiger partial charge on any atom is -0.390 e. The van der Waals surface area contributed by atoms with E-state index in [9.17, 15) is 5.11 Å². The minimum absolute atomic E-state index is 0.0220. The fourth-order valence-corrected chi connectivity index (χ4v) is 2.82. The molecule has 0 amide bonds. The summed E-state index contributed by atoms with van der Waals surface area (Å²) in [4.78, 5) is 5.56. The Kier molecular flexibility index (Phi) is 2.53. The molecule has 0 atom stereocenters. The molecule has 3 heteroatoms. The lowest BCUT2D eigenvalue weighted by Gasteiger charge is -2.39. The molecule has 0 bridgehead atoms. The van der Waals surface area contributed by atoms with E-state index < -0.39 is 5.60 Å². The van der Waals surface area contributed by atoms with Crippen LogP contribution in [0.2, 0.25) is 0 Å². The van der Waals surface area contributed by atoms with Crippen molar-refractivity contribution in [3.05, 3.63) is 0 Å². The molecule has 1 N–H and O–H groups in total. The van der Waals surface area contributed by atoms with Crippen molar-refractivity contribution in [1.29, 1.82) is 0 Å². The first-order chi connectivity index (χ1) is 6.91. The van der Waals surface area contributed by atoms with Gasteiger partial charge in [0.15, 0.2) is 0 Å². The van der Waals surface area contributed by atoms with Crippen LogP contribution in [0, 0.1) is 5.92 Å². The van der Waals surface area contributed by atoms with Crippen molar-refractivity contribution in [2.45, 2.75) is 64.1 Å². The summed E-state index contributed by atoms with van der Waals surface area (Å²) < 4.78 is 0. The Morgan fingerprint density at radius 3 is 2.40 bits per heavy atom. The van der Waals surface area contributed by atoms with Gasteiger partial charge in [0.1, 0.15) is 5.60 Å². The first kappa shape index (κ1) is 10.9. The highest BCUT2D eigenvalue weighted by atomic mass is 16.7. The van der Waals surface area contributed by atoms with E-state index >= 15 is 0 Å². The van der Waals surface area contributed by atoms with Crippen molar-refractivity contribution in [3.8, 4) is 0 Å². The highest BCUT2D eigenvalue weighted by molar-refractivity contribution is 5.83. The van der Waals surface area contributed by atoms with Crippen LogP contribution in [0.5, 0.6) is 0 Å². The van der Waals surface area contributed by atoms with Crippen molar-refractivity contribution in [2.24, 2.45) is 11.1 Å². The Hall–Kier alpha value is -0.570. The second-order valence-electron chi connectivity index (χ2n) is 5.71. The zero-order valence-corrected chi connectivity index (χ0v) is 9.92. The van der Waals surface area contributed by atoms with E-state index in [0.29, 0.717) is 5.92 Å². The van der Waals surface area contributed by atoms with E-state index in [1.54, 1.807) is 0 Å². The van der Waals surface area contributed by atoms with Crippen LogP contribution in [-0.2, 0) is 4.84 Å². The fourth-order valence-electron chi connectivity index (χ4n) is 2.82. The zero-order valence-electron chi connectivity index (χ0n) is 9.92. The highest BCUT2D eigenvalue weighted by Crippen LogP contribution is 2.43. The molecule has 15 heavy (non-hydrogen) atoms. The van der Waals surface area contributed by atoms with Gasteiger partial charge < -0.3 is 9.94 Å². The molecule has 0 unspecified atom stereocenters. The smallest absolute Gasteiger partial charge is 0.143 e. The standard InChI is InChI=1S/C12H21NO2/c1-9-8-12(15-13-9)6-4-10(5-7-12)11(2,3)14/h10,14H,4-8H2,1-3H3. The molecule has 0 aromatic carbocycles. The van der Waals surface area contributed by atoms with Crippen LogP contribution in [0.3, 0.4) is 0 Å². The van der Waals surface area contributed by atoms with E-state index in [4.69, 9.17) is 4.84 Å². The van der Waals surface area contributed by atoms with Gasteiger partial charge in [-0.3, -0.25) is 0 Å². The molecule has 2 aliphatic rings. The quantitative estimate of drug-likeness (QED) is 0.724. The second kappa shape index (κ2) is 3.48. The summed E-state index contributed by atoms with van der Waals surface area (Å²) in [5.74, 6) is 0.410. The third-order valence-corrected chi connectivity index (χ3v) is 3.87. The van der Waals surface area contributed by atoms with Gasteiger partial charge in [0.05, 0.1) is 11.3 Å². The van der Waals surface area contributed by atoms with Crippen LogP contribution in [0.4, 0.5) is 0 Å². The molecule has 0 aromatic rings. The minimum atomic E-state index is -0.546. The van der Waals surface area contributed by atoms with Gasteiger partial charge in [-0.05, 0) is 52.4 Å². The van der Waals surface area contributed by atoms with Gasteiger partial charge in [0, 0.05) is 6.42 Å². The molecule has 1 spiro atoms. The van der Waals surface area contributed by atoms with Gasteiger partial charge in [0.25, 0.3) is 0 Å². The van der Waals surface area contributed by atoms with Crippen LogP contribution in [0.15, 0.2) is 5.16 Å². The van der Waals surface area contributed by atoms with Crippen LogP contribution < -0.4 is 0 Å². The third kappa shape index (κ3) is 2.17. The molecule has 0 radical (unpaired) electrons. The maximum absolute atomic E-state index is 9.96. The van der Waals surface area contributed by atoms with Crippen LogP contribution in [0.25, 0.3) is 0 Å². The predicted molar refractivity (Wildman–Crippen MR) is 59.8 cm³/mol. The van der Waals surface area contributed by atoms with Crippen LogP contribution >= 0.6 is 0 Å². The van der Waals surface area contributed by atoms with E-state index in [2.05, 4.69) is 5.16 Å². The van der Waals surface area contributed by atoms with Crippen LogP contribution in [-0.4, -0.2) is 22.0 Å².